The summed E-state index contributed by atoms with van der Waals surface area (Å²) in [7, 11) is 4.48. The van der Waals surface area contributed by atoms with Crippen molar-refractivity contribution in [3.63, 3.8) is 0 Å². The first kappa shape index (κ1) is 17.9. The first-order chi connectivity index (χ1) is 8.44. The van der Waals surface area contributed by atoms with Crippen molar-refractivity contribution in [2.75, 3.05) is 20.6 Å². The quantitative estimate of drug-likeness (QED) is 0.637. The normalized spacial score (nSPS) is 14.5. The summed E-state index contributed by atoms with van der Waals surface area (Å²) in [6, 6.07) is 0.616. The fraction of sp³-hybridized carbons (Fsp3) is 1.00. The topological polar surface area (TPSA) is 15.3 Å². The molecule has 0 saturated heterocycles. The van der Waals surface area contributed by atoms with E-state index in [9.17, 15) is 0 Å². The molecule has 0 radical (unpaired) electrons. The molecular formula is C16H36N2. The Morgan fingerprint density at radius 2 is 1.56 bits per heavy atom. The summed E-state index contributed by atoms with van der Waals surface area (Å²) in [5.41, 5.74) is 0.310. The van der Waals surface area contributed by atoms with Crippen LogP contribution in [0.2, 0.25) is 0 Å². The van der Waals surface area contributed by atoms with E-state index in [0.29, 0.717) is 11.6 Å². The monoisotopic (exact) mass is 256 g/mol. The van der Waals surface area contributed by atoms with Gasteiger partial charge in [-0.1, -0.05) is 34.6 Å². The molecule has 0 saturated carbocycles. The van der Waals surface area contributed by atoms with Crippen LogP contribution in [0.4, 0.5) is 0 Å². The second kappa shape index (κ2) is 8.92. The number of nitrogens with zero attached hydrogens (tertiary/aromatic N) is 1. The van der Waals surface area contributed by atoms with Crippen LogP contribution in [0.1, 0.15) is 66.7 Å². The fourth-order valence-corrected chi connectivity index (χ4v) is 3.07. The van der Waals surface area contributed by atoms with E-state index in [4.69, 9.17) is 0 Å². The van der Waals surface area contributed by atoms with Gasteiger partial charge in [-0.2, -0.15) is 0 Å². The molecule has 0 rings (SSSR count). The summed E-state index contributed by atoms with van der Waals surface area (Å²) in [5, 5.41) is 3.81. The van der Waals surface area contributed by atoms with Gasteiger partial charge in [-0.15, -0.1) is 0 Å². The molecule has 0 bridgehead atoms. The molecule has 0 aromatic heterocycles. The first-order valence-corrected chi connectivity index (χ1v) is 7.85. The summed E-state index contributed by atoms with van der Waals surface area (Å²) in [6.45, 7) is 12.7. The number of hydrogen-bond acceptors (Lipinski definition) is 2. The first-order valence-electron chi connectivity index (χ1n) is 7.85. The number of hydrogen-bond donors (Lipinski definition) is 1. The third kappa shape index (κ3) is 4.89. The Morgan fingerprint density at radius 3 is 1.89 bits per heavy atom. The Kier molecular flexibility index (Phi) is 8.89. The second-order valence-corrected chi connectivity index (χ2v) is 6.18. The minimum Gasteiger partial charge on any atom is -0.312 e. The smallest absolute Gasteiger partial charge is 0.0351 e. The van der Waals surface area contributed by atoms with E-state index in [1.807, 2.05) is 0 Å². The van der Waals surface area contributed by atoms with Gasteiger partial charge in [0.25, 0.3) is 0 Å². The number of likely N-dealkylation sites (N-methyl/N-ethyl adjacent to an activating group) is 1. The predicted octanol–water partition coefficient (Wildman–Crippen LogP) is 3.91. The lowest BCUT2D eigenvalue weighted by Gasteiger charge is -2.46. The fourth-order valence-electron chi connectivity index (χ4n) is 3.07. The van der Waals surface area contributed by atoms with Gasteiger partial charge in [0.1, 0.15) is 0 Å². The van der Waals surface area contributed by atoms with Gasteiger partial charge in [0.2, 0.25) is 0 Å². The van der Waals surface area contributed by atoms with Crippen LogP contribution in [-0.4, -0.2) is 37.1 Å². The molecule has 0 heterocycles. The molecule has 0 amide bonds. The maximum absolute atomic E-state index is 3.81. The molecule has 0 spiro atoms. The molecule has 0 aromatic rings. The van der Waals surface area contributed by atoms with E-state index in [0.717, 1.165) is 12.5 Å². The zero-order valence-electron chi connectivity index (χ0n) is 13.8. The van der Waals surface area contributed by atoms with Gasteiger partial charge in [0, 0.05) is 11.6 Å². The van der Waals surface area contributed by atoms with Gasteiger partial charge in [0.05, 0.1) is 0 Å². The van der Waals surface area contributed by atoms with Gasteiger partial charge in [-0.25, -0.2) is 0 Å². The van der Waals surface area contributed by atoms with E-state index in [1.165, 1.54) is 32.1 Å². The van der Waals surface area contributed by atoms with E-state index >= 15 is 0 Å². The lowest BCUT2D eigenvalue weighted by molar-refractivity contribution is 0.0814. The van der Waals surface area contributed by atoms with Crippen molar-refractivity contribution in [1.29, 1.82) is 0 Å². The molecule has 0 aliphatic carbocycles. The Morgan fingerprint density at radius 1 is 1.00 bits per heavy atom. The van der Waals surface area contributed by atoms with Gasteiger partial charge in [-0.05, 0) is 58.7 Å². The minimum atomic E-state index is 0.310. The highest BCUT2D eigenvalue weighted by Gasteiger charge is 2.36. The van der Waals surface area contributed by atoms with Crippen LogP contribution in [-0.2, 0) is 0 Å². The zero-order valence-corrected chi connectivity index (χ0v) is 13.8. The summed E-state index contributed by atoms with van der Waals surface area (Å²) in [5.74, 6) is 0.796. The van der Waals surface area contributed by atoms with E-state index in [1.54, 1.807) is 0 Å². The second-order valence-electron chi connectivity index (χ2n) is 6.18. The predicted molar refractivity (Wildman–Crippen MR) is 83.2 cm³/mol. The van der Waals surface area contributed by atoms with Crippen LogP contribution in [0.25, 0.3) is 0 Å². The molecular weight excluding hydrogens is 220 g/mol. The van der Waals surface area contributed by atoms with E-state index in [-0.39, 0.29) is 0 Å². The maximum Gasteiger partial charge on any atom is 0.0351 e. The summed E-state index contributed by atoms with van der Waals surface area (Å²) >= 11 is 0. The Bertz CT molecular complexity index is 195. The molecule has 0 aliphatic rings. The van der Waals surface area contributed by atoms with Crippen molar-refractivity contribution in [3.05, 3.63) is 0 Å². The standard InChI is InChI=1S/C16H36N2/c1-8-13-17-15(12-11-14(4)5)16(9-2,10-3)18(6)7/h14-15,17H,8-13H2,1-7H3. The Balaban J connectivity index is 4.84. The zero-order chi connectivity index (χ0) is 14.2. The highest BCUT2D eigenvalue weighted by atomic mass is 15.2. The molecule has 2 heteroatoms. The van der Waals surface area contributed by atoms with Crippen molar-refractivity contribution in [2.24, 2.45) is 5.92 Å². The molecule has 1 atom stereocenters. The van der Waals surface area contributed by atoms with Gasteiger partial charge < -0.3 is 10.2 Å². The van der Waals surface area contributed by atoms with Gasteiger partial charge >= 0.3 is 0 Å². The van der Waals surface area contributed by atoms with Crippen molar-refractivity contribution in [1.82, 2.24) is 10.2 Å². The van der Waals surface area contributed by atoms with Crippen LogP contribution in [0, 0.1) is 5.92 Å². The van der Waals surface area contributed by atoms with Crippen molar-refractivity contribution < 1.29 is 0 Å². The van der Waals surface area contributed by atoms with Crippen LogP contribution < -0.4 is 5.32 Å². The van der Waals surface area contributed by atoms with Gasteiger partial charge in [0.15, 0.2) is 0 Å². The van der Waals surface area contributed by atoms with E-state index < -0.39 is 0 Å². The van der Waals surface area contributed by atoms with Crippen LogP contribution in [0.15, 0.2) is 0 Å². The van der Waals surface area contributed by atoms with Gasteiger partial charge in [-0.3, -0.25) is 0 Å². The van der Waals surface area contributed by atoms with Crippen molar-refractivity contribution >= 4 is 0 Å². The average Bonchev–Trinajstić information content (AvgIpc) is 2.32. The summed E-state index contributed by atoms with van der Waals surface area (Å²) in [6.07, 6.45) is 6.26. The van der Waals surface area contributed by atoms with Crippen LogP contribution >= 0.6 is 0 Å². The SMILES string of the molecule is CCCNC(CCC(C)C)C(CC)(CC)N(C)C. The average molecular weight is 256 g/mol. The molecule has 0 aromatic carbocycles. The minimum absolute atomic E-state index is 0.310. The summed E-state index contributed by atoms with van der Waals surface area (Å²) in [4.78, 5) is 2.45. The van der Waals surface area contributed by atoms with Crippen LogP contribution in [0.3, 0.4) is 0 Å². The lowest BCUT2D eigenvalue weighted by atomic mass is 9.80. The number of nitrogens with one attached hydrogen (secondary N) is 1. The molecule has 1 N–H and O–H groups in total. The maximum atomic E-state index is 3.81. The van der Waals surface area contributed by atoms with Crippen molar-refractivity contribution in [3.8, 4) is 0 Å². The molecule has 0 fully saturated rings. The van der Waals surface area contributed by atoms with Crippen molar-refractivity contribution in [2.45, 2.75) is 78.3 Å². The molecule has 2 nitrogen and oxygen atoms in total. The number of rotatable bonds is 10. The summed E-state index contributed by atoms with van der Waals surface area (Å²) < 4.78 is 0. The van der Waals surface area contributed by atoms with Crippen LogP contribution in [0.5, 0.6) is 0 Å². The molecule has 0 aliphatic heterocycles. The molecule has 110 valence electrons. The molecule has 1 unspecified atom stereocenters. The third-order valence-corrected chi connectivity index (χ3v) is 4.44. The lowest BCUT2D eigenvalue weighted by Crippen LogP contribution is -2.58. The highest BCUT2D eigenvalue weighted by Crippen LogP contribution is 2.29. The Labute approximate surface area is 116 Å². The Hall–Kier alpha value is -0.0800. The largest absolute Gasteiger partial charge is 0.312 e. The highest BCUT2D eigenvalue weighted by molar-refractivity contribution is 4.97. The third-order valence-electron chi connectivity index (χ3n) is 4.44. The molecule has 18 heavy (non-hydrogen) atoms. The van der Waals surface area contributed by atoms with E-state index in [2.05, 4.69) is 58.9 Å².